The Bertz CT molecular complexity index is 938. The van der Waals surface area contributed by atoms with Crippen LogP contribution in [-0.4, -0.2) is 24.7 Å². The summed E-state index contributed by atoms with van der Waals surface area (Å²) >= 11 is 0. The minimum Gasteiger partial charge on any atom is -0.450 e. The highest BCUT2D eigenvalue weighted by molar-refractivity contribution is 7.90. The summed E-state index contributed by atoms with van der Waals surface area (Å²) in [5.41, 5.74) is 1.17. The van der Waals surface area contributed by atoms with Gasteiger partial charge in [0.1, 0.15) is 5.75 Å². The highest BCUT2D eigenvalue weighted by Crippen LogP contribution is 2.39. The topological polar surface area (TPSA) is 107 Å². The van der Waals surface area contributed by atoms with E-state index in [0.717, 1.165) is 29.9 Å². The Morgan fingerprint density at radius 1 is 1.24 bits per heavy atom. The first kappa shape index (κ1) is 17.4. The Balaban J connectivity index is 2.04. The summed E-state index contributed by atoms with van der Waals surface area (Å²) in [6.07, 6.45) is 2.58. The molecule has 0 spiro atoms. The number of nitro benzene ring substituents is 1. The molecule has 3 rings (SSSR count). The molecule has 0 aromatic heterocycles. The Morgan fingerprint density at radius 3 is 2.68 bits per heavy atom. The third kappa shape index (κ3) is 3.49. The lowest BCUT2D eigenvalue weighted by Gasteiger charge is -2.23. The van der Waals surface area contributed by atoms with Crippen LogP contribution in [-0.2, 0) is 16.3 Å². The zero-order valence-electron chi connectivity index (χ0n) is 13.5. The summed E-state index contributed by atoms with van der Waals surface area (Å²) in [6, 6.07) is 8.78. The number of rotatable bonds is 4. The average molecular weight is 363 g/mol. The molecular weight excluding hydrogens is 346 g/mol. The Labute approximate surface area is 144 Å². The van der Waals surface area contributed by atoms with Gasteiger partial charge in [0, 0.05) is 17.9 Å². The van der Waals surface area contributed by atoms with Gasteiger partial charge in [0.05, 0.1) is 15.9 Å². The molecule has 0 fully saturated rings. The van der Waals surface area contributed by atoms with Gasteiger partial charge in [0.25, 0.3) is 0 Å². The van der Waals surface area contributed by atoms with Gasteiger partial charge in [-0.1, -0.05) is 12.1 Å². The molecule has 0 saturated carbocycles. The maximum atomic E-state index is 11.6. The van der Waals surface area contributed by atoms with Gasteiger partial charge in [-0.2, -0.15) is 0 Å². The number of sulfone groups is 1. The van der Waals surface area contributed by atoms with Gasteiger partial charge in [0.15, 0.2) is 9.84 Å². The van der Waals surface area contributed by atoms with E-state index < -0.39 is 26.6 Å². The molecular formula is C17H17NO6S. The highest BCUT2D eigenvalue weighted by Gasteiger charge is 2.24. The minimum absolute atomic E-state index is 0.0362. The molecule has 25 heavy (non-hydrogen) atoms. The molecule has 0 heterocycles. The van der Waals surface area contributed by atoms with Gasteiger partial charge < -0.3 is 9.84 Å². The van der Waals surface area contributed by atoms with Gasteiger partial charge >= 0.3 is 5.69 Å². The van der Waals surface area contributed by atoms with Crippen molar-refractivity contribution >= 4 is 15.5 Å². The molecule has 0 aliphatic heterocycles. The summed E-state index contributed by atoms with van der Waals surface area (Å²) in [6.45, 7) is 0. The number of hydrogen-bond acceptors (Lipinski definition) is 6. The summed E-state index contributed by atoms with van der Waals surface area (Å²) in [5.74, 6) is 0.400. The minimum atomic E-state index is -3.56. The van der Waals surface area contributed by atoms with Crippen molar-refractivity contribution in [1.82, 2.24) is 0 Å². The first-order valence-electron chi connectivity index (χ1n) is 7.73. The number of nitro groups is 1. The number of nitrogens with zero attached hydrogens (tertiary/aromatic N) is 1. The average Bonchev–Trinajstić information content (AvgIpc) is 2.55. The molecule has 0 radical (unpaired) electrons. The van der Waals surface area contributed by atoms with Crippen LogP contribution in [0, 0.1) is 10.1 Å². The molecule has 0 bridgehead atoms. The van der Waals surface area contributed by atoms with E-state index in [4.69, 9.17) is 4.74 Å². The van der Waals surface area contributed by atoms with Crippen molar-refractivity contribution in [1.29, 1.82) is 0 Å². The number of hydrogen-bond donors (Lipinski definition) is 1. The molecule has 7 nitrogen and oxygen atoms in total. The lowest BCUT2D eigenvalue weighted by atomic mass is 9.89. The van der Waals surface area contributed by atoms with Crippen LogP contribution in [0.5, 0.6) is 11.5 Å². The summed E-state index contributed by atoms with van der Waals surface area (Å²) < 4.78 is 29.0. The zero-order valence-corrected chi connectivity index (χ0v) is 14.3. The van der Waals surface area contributed by atoms with E-state index in [-0.39, 0.29) is 10.6 Å². The van der Waals surface area contributed by atoms with Crippen molar-refractivity contribution in [2.75, 3.05) is 6.26 Å². The SMILES string of the molecule is CS(=O)(=O)c1ccc(Oc2cccc3c2CCC[C@H]3O)c([N+](=O)[O-])c1. The second kappa shape index (κ2) is 6.45. The molecule has 1 aliphatic carbocycles. The van der Waals surface area contributed by atoms with E-state index in [0.29, 0.717) is 18.6 Å². The molecule has 132 valence electrons. The maximum absolute atomic E-state index is 11.6. The van der Waals surface area contributed by atoms with Crippen LogP contribution in [0.2, 0.25) is 0 Å². The number of ether oxygens (including phenoxy) is 1. The number of fused-ring (bicyclic) bond motifs is 1. The van der Waals surface area contributed by atoms with E-state index in [1.165, 1.54) is 12.1 Å². The van der Waals surface area contributed by atoms with E-state index in [9.17, 15) is 23.6 Å². The molecule has 0 amide bonds. The lowest BCUT2D eigenvalue weighted by molar-refractivity contribution is -0.385. The van der Waals surface area contributed by atoms with E-state index in [1.807, 2.05) is 6.07 Å². The predicted molar refractivity (Wildman–Crippen MR) is 90.6 cm³/mol. The van der Waals surface area contributed by atoms with Crippen molar-refractivity contribution in [3.8, 4) is 11.5 Å². The second-order valence-electron chi connectivity index (χ2n) is 5.99. The third-order valence-corrected chi connectivity index (χ3v) is 5.32. The van der Waals surface area contributed by atoms with Crippen LogP contribution in [0.25, 0.3) is 0 Å². The summed E-state index contributed by atoms with van der Waals surface area (Å²) in [4.78, 5) is 10.5. The first-order valence-corrected chi connectivity index (χ1v) is 9.62. The van der Waals surface area contributed by atoms with Gasteiger partial charge in [-0.15, -0.1) is 0 Å². The molecule has 2 aromatic carbocycles. The summed E-state index contributed by atoms with van der Waals surface area (Å²) in [5, 5.41) is 21.4. The van der Waals surface area contributed by atoms with Crippen molar-refractivity contribution in [3.05, 3.63) is 57.6 Å². The smallest absolute Gasteiger partial charge is 0.312 e. The largest absolute Gasteiger partial charge is 0.450 e. The van der Waals surface area contributed by atoms with Gasteiger partial charge in [0.2, 0.25) is 5.75 Å². The van der Waals surface area contributed by atoms with Crippen molar-refractivity contribution < 1.29 is 23.2 Å². The fraction of sp³-hybridized carbons (Fsp3) is 0.294. The second-order valence-corrected chi connectivity index (χ2v) is 8.01. The molecule has 2 aromatic rings. The van der Waals surface area contributed by atoms with E-state index >= 15 is 0 Å². The monoisotopic (exact) mass is 363 g/mol. The van der Waals surface area contributed by atoms with E-state index in [1.54, 1.807) is 12.1 Å². The Kier molecular flexibility index (Phi) is 4.49. The highest BCUT2D eigenvalue weighted by atomic mass is 32.2. The van der Waals surface area contributed by atoms with Crippen molar-refractivity contribution in [2.45, 2.75) is 30.3 Å². The van der Waals surface area contributed by atoms with Crippen LogP contribution >= 0.6 is 0 Å². The molecule has 1 atom stereocenters. The fourth-order valence-corrected chi connectivity index (χ4v) is 3.60. The lowest BCUT2D eigenvalue weighted by Crippen LogP contribution is -2.10. The normalized spacial score (nSPS) is 17.0. The quantitative estimate of drug-likeness (QED) is 0.660. The molecule has 0 saturated heterocycles. The Morgan fingerprint density at radius 2 is 2.00 bits per heavy atom. The standard InChI is InChI=1S/C17H17NO6S/c1-25(22,23)11-8-9-17(14(10-11)18(20)21)24-16-7-3-4-12-13(16)5-2-6-15(12)19/h3-4,7-10,15,19H,2,5-6H2,1H3/t15-/m1/s1. The van der Waals surface area contributed by atoms with Crippen molar-refractivity contribution in [2.24, 2.45) is 0 Å². The van der Waals surface area contributed by atoms with Crippen LogP contribution < -0.4 is 4.74 Å². The van der Waals surface area contributed by atoms with Crippen LogP contribution in [0.3, 0.4) is 0 Å². The van der Waals surface area contributed by atoms with Crippen LogP contribution in [0.4, 0.5) is 5.69 Å². The van der Waals surface area contributed by atoms with E-state index in [2.05, 4.69) is 0 Å². The number of aliphatic hydroxyl groups excluding tert-OH is 1. The molecule has 8 heteroatoms. The molecule has 1 aliphatic rings. The van der Waals surface area contributed by atoms with Crippen LogP contribution in [0.15, 0.2) is 41.3 Å². The fourth-order valence-electron chi connectivity index (χ4n) is 2.96. The van der Waals surface area contributed by atoms with Gasteiger partial charge in [-0.25, -0.2) is 8.42 Å². The van der Waals surface area contributed by atoms with Gasteiger partial charge in [-0.3, -0.25) is 10.1 Å². The maximum Gasteiger partial charge on any atom is 0.312 e. The number of benzene rings is 2. The molecule has 1 N–H and O–H groups in total. The molecule has 0 unspecified atom stereocenters. The summed E-state index contributed by atoms with van der Waals surface area (Å²) in [7, 11) is -3.56. The van der Waals surface area contributed by atoms with Gasteiger partial charge in [-0.05, 0) is 43.0 Å². The first-order chi connectivity index (χ1) is 11.8. The van der Waals surface area contributed by atoms with Crippen LogP contribution in [0.1, 0.15) is 30.1 Å². The Hall–Kier alpha value is -2.45. The number of aliphatic hydroxyl groups is 1. The zero-order chi connectivity index (χ0) is 18.2. The predicted octanol–water partition coefficient (Wildman–Crippen LogP) is 3.16. The third-order valence-electron chi connectivity index (χ3n) is 4.21. The van der Waals surface area contributed by atoms with Crippen molar-refractivity contribution in [3.63, 3.8) is 0 Å².